The van der Waals surface area contributed by atoms with Gasteiger partial charge in [0.1, 0.15) is 10.6 Å². The zero-order valence-electron chi connectivity index (χ0n) is 12.4. The van der Waals surface area contributed by atoms with Gasteiger partial charge in [0.05, 0.1) is 25.4 Å². The molecule has 0 bridgehead atoms. The van der Waals surface area contributed by atoms with Crippen LogP contribution in [-0.2, 0) is 14.8 Å². The maximum Gasteiger partial charge on any atom is 0.246 e. The molecule has 1 aromatic rings. The van der Waals surface area contributed by atoms with Crippen LogP contribution in [0.15, 0.2) is 29.2 Å². The predicted octanol–water partition coefficient (Wildman–Crippen LogP) is 0.856. The van der Waals surface area contributed by atoms with Gasteiger partial charge in [-0.25, -0.2) is 8.42 Å². The molecule has 0 spiro atoms. The Balaban J connectivity index is 2.39. The number of hydrogen-bond acceptors (Lipinski definition) is 5. The van der Waals surface area contributed by atoms with Crippen molar-refractivity contribution in [2.75, 3.05) is 26.8 Å². The lowest BCUT2D eigenvalue weighted by Crippen LogP contribution is -2.55. The second-order valence-electron chi connectivity index (χ2n) is 5.63. The number of hydrogen-bond donors (Lipinski definition) is 1. The lowest BCUT2D eigenvalue weighted by molar-refractivity contribution is -0.131. The summed E-state index contributed by atoms with van der Waals surface area (Å²) in [5.74, 6) is 0.308. The summed E-state index contributed by atoms with van der Waals surface area (Å²) in [6.45, 7) is 3.74. The summed E-state index contributed by atoms with van der Waals surface area (Å²) in [7, 11) is -2.26. The van der Waals surface area contributed by atoms with Gasteiger partial charge in [-0.05, 0) is 26.0 Å². The topological polar surface area (TPSA) is 76.1 Å². The van der Waals surface area contributed by atoms with Crippen molar-refractivity contribution in [2.24, 2.45) is 0 Å². The van der Waals surface area contributed by atoms with Gasteiger partial charge in [0.25, 0.3) is 0 Å². The Hall–Kier alpha value is -1.15. The van der Waals surface area contributed by atoms with E-state index in [-0.39, 0.29) is 24.6 Å². The van der Waals surface area contributed by atoms with E-state index < -0.39 is 21.7 Å². The smallest absolute Gasteiger partial charge is 0.246 e. The van der Waals surface area contributed by atoms with Gasteiger partial charge >= 0.3 is 0 Å². The van der Waals surface area contributed by atoms with E-state index in [0.29, 0.717) is 5.75 Å². The SMILES string of the molecule is COc1ccccc1S(=O)(=O)N1CC(CO)OC(C)(C)C1. The molecule has 0 amide bonds. The highest BCUT2D eigenvalue weighted by atomic mass is 32.2. The van der Waals surface area contributed by atoms with Crippen molar-refractivity contribution >= 4 is 10.0 Å². The minimum atomic E-state index is -3.70. The van der Waals surface area contributed by atoms with Gasteiger partial charge in [-0.1, -0.05) is 12.1 Å². The van der Waals surface area contributed by atoms with Gasteiger partial charge < -0.3 is 14.6 Å². The van der Waals surface area contributed by atoms with Gasteiger partial charge in [-0.15, -0.1) is 0 Å². The Morgan fingerprint density at radius 2 is 2.10 bits per heavy atom. The third kappa shape index (κ3) is 3.37. The van der Waals surface area contributed by atoms with Gasteiger partial charge in [0.15, 0.2) is 0 Å². The second kappa shape index (κ2) is 5.92. The molecule has 1 heterocycles. The monoisotopic (exact) mass is 315 g/mol. The van der Waals surface area contributed by atoms with Crippen molar-refractivity contribution in [3.05, 3.63) is 24.3 Å². The Kier molecular flexibility index (Phi) is 4.57. The van der Waals surface area contributed by atoms with Crippen molar-refractivity contribution in [1.29, 1.82) is 0 Å². The fourth-order valence-corrected chi connectivity index (χ4v) is 4.27. The summed E-state index contributed by atoms with van der Waals surface area (Å²) in [5, 5.41) is 9.31. The molecule has 0 radical (unpaired) electrons. The average Bonchev–Trinajstić information content (AvgIpc) is 2.45. The molecule has 6 nitrogen and oxygen atoms in total. The highest BCUT2D eigenvalue weighted by molar-refractivity contribution is 7.89. The van der Waals surface area contributed by atoms with Gasteiger partial charge in [-0.3, -0.25) is 0 Å². The van der Waals surface area contributed by atoms with E-state index in [1.807, 2.05) is 0 Å². The predicted molar refractivity (Wildman–Crippen MR) is 77.8 cm³/mol. The fraction of sp³-hybridized carbons (Fsp3) is 0.571. The van der Waals surface area contributed by atoms with Crippen LogP contribution in [0.2, 0.25) is 0 Å². The molecule has 1 saturated heterocycles. The Morgan fingerprint density at radius 3 is 2.71 bits per heavy atom. The van der Waals surface area contributed by atoms with E-state index in [1.54, 1.807) is 32.0 Å². The summed E-state index contributed by atoms with van der Waals surface area (Å²) in [6, 6.07) is 6.51. The molecule has 0 aromatic heterocycles. The van der Waals surface area contributed by atoms with E-state index in [9.17, 15) is 13.5 Å². The maximum atomic E-state index is 12.8. The van der Waals surface area contributed by atoms with Crippen LogP contribution in [0.3, 0.4) is 0 Å². The van der Waals surface area contributed by atoms with Gasteiger partial charge in [-0.2, -0.15) is 4.31 Å². The summed E-state index contributed by atoms with van der Waals surface area (Å²) in [5.41, 5.74) is -0.652. The third-order valence-electron chi connectivity index (χ3n) is 3.34. The molecule has 1 N–H and O–H groups in total. The number of para-hydroxylation sites is 1. The Bertz CT molecular complexity index is 599. The highest BCUT2D eigenvalue weighted by Crippen LogP contribution is 2.30. The first-order chi connectivity index (χ1) is 9.80. The van der Waals surface area contributed by atoms with Gasteiger partial charge in [0.2, 0.25) is 10.0 Å². The van der Waals surface area contributed by atoms with Crippen molar-refractivity contribution in [3.8, 4) is 5.75 Å². The van der Waals surface area contributed by atoms with E-state index in [1.165, 1.54) is 17.5 Å². The summed E-state index contributed by atoms with van der Waals surface area (Å²) in [4.78, 5) is 0.127. The molecule has 0 saturated carbocycles. The molecule has 2 rings (SSSR count). The first-order valence-electron chi connectivity index (χ1n) is 6.72. The molecule has 1 fully saturated rings. The molecule has 1 unspecified atom stereocenters. The van der Waals surface area contributed by atoms with Crippen LogP contribution in [0.25, 0.3) is 0 Å². The molecule has 0 aliphatic carbocycles. The number of aliphatic hydroxyl groups is 1. The van der Waals surface area contributed by atoms with Crippen molar-refractivity contribution in [1.82, 2.24) is 4.31 Å². The molecule has 1 aromatic carbocycles. The Morgan fingerprint density at radius 1 is 1.43 bits per heavy atom. The summed E-state index contributed by atoms with van der Waals surface area (Å²) >= 11 is 0. The largest absolute Gasteiger partial charge is 0.495 e. The Labute approximate surface area is 125 Å². The lowest BCUT2D eigenvalue weighted by Gasteiger charge is -2.41. The normalized spacial score (nSPS) is 23.0. The number of rotatable bonds is 4. The third-order valence-corrected chi connectivity index (χ3v) is 5.19. The number of nitrogens with zero attached hydrogens (tertiary/aromatic N) is 1. The zero-order valence-corrected chi connectivity index (χ0v) is 13.3. The number of morpholine rings is 1. The zero-order chi connectivity index (χ0) is 15.7. The second-order valence-corrected chi connectivity index (χ2v) is 7.54. The number of ether oxygens (including phenoxy) is 2. The van der Waals surface area contributed by atoms with Crippen LogP contribution in [0.4, 0.5) is 0 Å². The summed E-state index contributed by atoms with van der Waals surface area (Å²) < 4.78 is 37.8. The van der Waals surface area contributed by atoms with Crippen LogP contribution >= 0.6 is 0 Å². The molecule has 21 heavy (non-hydrogen) atoms. The van der Waals surface area contributed by atoms with Crippen LogP contribution in [-0.4, -0.2) is 56.3 Å². The van der Waals surface area contributed by atoms with Crippen molar-refractivity contribution in [2.45, 2.75) is 30.4 Å². The maximum absolute atomic E-state index is 12.8. The van der Waals surface area contributed by atoms with Crippen molar-refractivity contribution < 1.29 is 23.0 Å². The molecule has 7 heteroatoms. The van der Waals surface area contributed by atoms with Crippen LogP contribution < -0.4 is 4.74 Å². The first-order valence-corrected chi connectivity index (χ1v) is 8.16. The van der Waals surface area contributed by atoms with E-state index in [2.05, 4.69) is 0 Å². The molecule has 1 atom stereocenters. The molecular formula is C14H21NO5S. The summed E-state index contributed by atoms with van der Waals surface area (Å²) in [6.07, 6.45) is -0.529. The van der Waals surface area contributed by atoms with Crippen LogP contribution in [0, 0.1) is 0 Å². The van der Waals surface area contributed by atoms with Crippen LogP contribution in [0.5, 0.6) is 5.75 Å². The van der Waals surface area contributed by atoms with Crippen molar-refractivity contribution in [3.63, 3.8) is 0 Å². The fourth-order valence-electron chi connectivity index (χ4n) is 2.49. The number of sulfonamides is 1. The standard InChI is InChI=1S/C14H21NO5S/c1-14(2)10-15(8-11(9-16)20-14)21(17,18)13-7-5-4-6-12(13)19-3/h4-7,11,16H,8-10H2,1-3H3. The number of aliphatic hydroxyl groups excluding tert-OH is 1. The highest BCUT2D eigenvalue weighted by Gasteiger charge is 2.40. The first kappa shape index (κ1) is 16.2. The molecule has 118 valence electrons. The average molecular weight is 315 g/mol. The quantitative estimate of drug-likeness (QED) is 0.892. The van der Waals surface area contributed by atoms with E-state index in [0.717, 1.165) is 0 Å². The molecule has 1 aliphatic rings. The minimum absolute atomic E-state index is 0.125. The van der Waals surface area contributed by atoms with E-state index >= 15 is 0 Å². The number of methoxy groups -OCH3 is 1. The lowest BCUT2D eigenvalue weighted by atomic mass is 10.1. The van der Waals surface area contributed by atoms with Gasteiger partial charge in [0, 0.05) is 13.1 Å². The molecule has 1 aliphatic heterocycles. The molecular weight excluding hydrogens is 294 g/mol. The van der Waals surface area contributed by atoms with Crippen LogP contribution in [0.1, 0.15) is 13.8 Å². The van der Waals surface area contributed by atoms with E-state index in [4.69, 9.17) is 9.47 Å². The minimum Gasteiger partial charge on any atom is -0.495 e. The number of benzene rings is 1.